The first-order valence-corrected chi connectivity index (χ1v) is 8.40. The summed E-state index contributed by atoms with van der Waals surface area (Å²) in [6.07, 6.45) is 0. The minimum Gasteiger partial charge on any atom is -0.212 e. The first kappa shape index (κ1) is 15.0. The summed E-state index contributed by atoms with van der Waals surface area (Å²) in [4.78, 5) is 1.05. The van der Waals surface area contributed by atoms with Gasteiger partial charge < -0.3 is 0 Å². The third-order valence-corrected chi connectivity index (χ3v) is 6.42. The van der Waals surface area contributed by atoms with Crippen molar-refractivity contribution in [3.8, 4) is 0 Å². The molecule has 17 heavy (non-hydrogen) atoms. The quantitative estimate of drug-likeness (QED) is 0.757. The van der Waals surface area contributed by atoms with Crippen LogP contribution in [0.4, 0.5) is 0 Å². The molecular formula is C11H18ClNO2S2. The fourth-order valence-electron chi connectivity index (χ4n) is 1.43. The molecule has 0 aliphatic carbocycles. The van der Waals surface area contributed by atoms with Gasteiger partial charge in [0.1, 0.15) is 0 Å². The zero-order valence-corrected chi connectivity index (χ0v) is 12.6. The van der Waals surface area contributed by atoms with Gasteiger partial charge in [0.25, 0.3) is 0 Å². The Morgan fingerprint density at radius 2 is 2.06 bits per heavy atom. The lowest BCUT2D eigenvalue weighted by Gasteiger charge is -2.27. The van der Waals surface area contributed by atoms with Crippen molar-refractivity contribution in [1.29, 1.82) is 0 Å². The van der Waals surface area contributed by atoms with Crippen molar-refractivity contribution in [1.82, 2.24) is 4.31 Å². The molecule has 1 aromatic heterocycles. The molecule has 0 N–H and O–H groups in total. The van der Waals surface area contributed by atoms with Gasteiger partial charge in [0.05, 0.1) is 5.25 Å². The van der Waals surface area contributed by atoms with Gasteiger partial charge in [-0.2, -0.15) is 4.31 Å². The van der Waals surface area contributed by atoms with E-state index in [2.05, 4.69) is 0 Å². The van der Waals surface area contributed by atoms with E-state index < -0.39 is 15.3 Å². The molecule has 0 radical (unpaired) electrons. The molecule has 1 heterocycles. The van der Waals surface area contributed by atoms with E-state index in [1.54, 1.807) is 18.3 Å². The Morgan fingerprint density at radius 3 is 2.47 bits per heavy atom. The molecule has 1 rings (SSSR count). The molecule has 6 heteroatoms. The molecule has 0 fully saturated rings. The Balaban J connectivity index is 2.94. The Kier molecular flexibility index (Phi) is 5.44. The molecule has 0 amide bonds. The Morgan fingerprint density at radius 1 is 1.41 bits per heavy atom. The Labute approximate surface area is 112 Å². The largest absolute Gasteiger partial charge is 0.218 e. The van der Waals surface area contributed by atoms with Crippen molar-refractivity contribution in [2.45, 2.75) is 38.6 Å². The topological polar surface area (TPSA) is 37.4 Å². The molecule has 0 saturated heterocycles. The number of rotatable bonds is 6. The maximum atomic E-state index is 12.3. The van der Waals surface area contributed by atoms with Gasteiger partial charge in [-0.05, 0) is 32.2 Å². The number of hydrogen-bond acceptors (Lipinski definition) is 3. The van der Waals surface area contributed by atoms with Crippen LogP contribution < -0.4 is 0 Å². The molecule has 0 bridgehead atoms. The van der Waals surface area contributed by atoms with Crippen LogP contribution in [0.5, 0.6) is 0 Å². The molecule has 0 aliphatic rings. The summed E-state index contributed by atoms with van der Waals surface area (Å²) in [7, 11) is -3.32. The molecule has 1 atom stereocenters. The molecule has 0 aromatic carbocycles. The first-order valence-electron chi connectivity index (χ1n) is 5.48. The van der Waals surface area contributed by atoms with E-state index in [4.69, 9.17) is 11.6 Å². The minimum atomic E-state index is -3.32. The van der Waals surface area contributed by atoms with Crippen LogP contribution in [0.1, 0.15) is 25.6 Å². The Bertz CT molecular complexity index is 428. The van der Waals surface area contributed by atoms with Crippen molar-refractivity contribution in [2.24, 2.45) is 0 Å². The molecule has 0 spiro atoms. The molecule has 98 valence electrons. The van der Waals surface area contributed by atoms with Crippen LogP contribution in [-0.2, 0) is 16.6 Å². The van der Waals surface area contributed by atoms with E-state index in [0.717, 1.165) is 4.88 Å². The van der Waals surface area contributed by atoms with Crippen molar-refractivity contribution >= 4 is 33.0 Å². The second-order valence-electron chi connectivity index (χ2n) is 4.23. The van der Waals surface area contributed by atoms with Crippen molar-refractivity contribution in [3.05, 3.63) is 22.4 Å². The highest BCUT2D eigenvalue weighted by molar-refractivity contribution is 7.89. The van der Waals surface area contributed by atoms with Crippen LogP contribution in [0, 0.1) is 0 Å². The number of hydrogen-bond donors (Lipinski definition) is 0. The van der Waals surface area contributed by atoms with Crippen LogP contribution in [0.25, 0.3) is 0 Å². The zero-order valence-electron chi connectivity index (χ0n) is 10.3. The summed E-state index contributed by atoms with van der Waals surface area (Å²) in [5.41, 5.74) is 0. The van der Waals surface area contributed by atoms with Crippen LogP contribution >= 0.6 is 22.9 Å². The van der Waals surface area contributed by atoms with E-state index in [9.17, 15) is 8.42 Å². The van der Waals surface area contributed by atoms with Gasteiger partial charge in [-0.1, -0.05) is 6.07 Å². The van der Waals surface area contributed by atoms with Gasteiger partial charge in [-0.25, -0.2) is 8.42 Å². The van der Waals surface area contributed by atoms with Crippen molar-refractivity contribution in [2.75, 3.05) is 5.88 Å². The van der Waals surface area contributed by atoms with E-state index >= 15 is 0 Å². The smallest absolute Gasteiger partial charge is 0.212 e. The van der Waals surface area contributed by atoms with Gasteiger partial charge in [-0.15, -0.1) is 22.9 Å². The summed E-state index contributed by atoms with van der Waals surface area (Å²) in [5.74, 6) is 0.121. The maximum Gasteiger partial charge on any atom is 0.218 e. The van der Waals surface area contributed by atoms with Gasteiger partial charge in [-0.3, -0.25) is 0 Å². The lowest BCUT2D eigenvalue weighted by molar-refractivity contribution is 0.347. The molecule has 0 saturated carbocycles. The molecular weight excluding hydrogens is 278 g/mol. The van der Waals surface area contributed by atoms with E-state index in [-0.39, 0.29) is 11.9 Å². The third kappa shape index (κ3) is 3.68. The summed E-state index contributed by atoms with van der Waals surface area (Å²) in [6, 6.07) is 3.81. The van der Waals surface area contributed by atoms with E-state index in [0.29, 0.717) is 6.54 Å². The fraction of sp³-hybridized carbons (Fsp3) is 0.636. The highest BCUT2D eigenvalue weighted by Crippen LogP contribution is 2.20. The van der Waals surface area contributed by atoms with E-state index in [1.165, 1.54) is 4.31 Å². The lowest BCUT2D eigenvalue weighted by atomic mass is 10.4. The van der Waals surface area contributed by atoms with Crippen LogP contribution in [-0.4, -0.2) is 29.9 Å². The monoisotopic (exact) mass is 295 g/mol. The second kappa shape index (κ2) is 6.18. The summed E-state index contributed by atoms with van der Waals surface area (Å²) < 4.78 is 26.1. The summed E-state index contributed by atoms with van der Waals surface area (Å²) >= 11 is 7.23. The SMILES string of the molecule is CC(C)N(Cc1cccs1)S(=O)(=O)C(C)CCl. The molecule has 0 aliphatic heterocycles. The average molecular weight is 296 g/mol. The highest BCUT2D eigenvalue weighted by atomic mass is 35.5. The summed E-state index contributed by atoms with van der Waals surface area (Å²) in [6.45, 7) is 5.84. The summed E-state index contributed by atoms with van der Waals surface area (Å²) in [5, 5.41) is 1.40. The van der Waals surface area contributed by atoms with Gasteiger partial charge in [0.15, 0.2) is 0 Å². The predicted molar refractivity (Wildman–Crippen MR) is 74.1 cm³/mol. The van der Waals surface area contributed by atoms with Gasteiger partial charge in [0, 0.05) is 23.3 Å². The van der Waals surface area contributed by atoms with Crippen LogP contribution in [0.2, 0.25) is 0 Å². The minimum absolute atomic E-state index is 0.0623. The molecule has 1 unspecified atom stereocenters. The third-order valence-electron chi connectivity index (χ3n) is 2.52. The normalized spacial score (nSPS) is 14.5. The number of sulfonamides is 1. The molecule has 1 aromatic rings. The number of thiophene rings is 1. The predicted octanol–water partition coefficient (Wildman–Crippen LogP) is 2.92. The standard InChI is InChI=1S/C11H18ClNO2S2/c1-9(2)13(8-11-5-4-6-16-11)17(14,15)10(3)7-12/h4-6,9-10H,7-8H2,1-3H3. The number of alkyl halides is 1. The second-order valence-corrected chi connectivity index (χ2v) is 7.87. The molecule has 3 nitrogen and oxygen atoms in total. The highest BCUT2D eigenvalue weighted by Gasteiger charge is 2.30. The number of nitrogens with zero attached hydrogens (tertiary/aromatic N) is 1. The Hall–Kier alpha value is -0.100. The average Bonchev–Trinajstić information content (AvgIpc) is 2.76. The van der Waals surface area contributed by atoms with Crippen molar-refractivity contribution in [3.63, 3.8) is 0 Å². The lowest BCUT2D eigenvalue weighted by Crippen LogP contribution is -2.41. The van der Waals surface area contributed by atoms with Gasteiger partial charge in [0.2, 0.25) is 10.0 Å². The van der Waals surface area contributed by atoms with Gasteiger partial charge >= 0.3 is 0 Å². The number of halogens is 1. The van der Waals surface area contributed by atoms with Crippen LogP contribution in [0.3, 0.4) is 0 Å². The first-order chi connectivity index (χ1) is 7.89. The van der Waals surface area contributed by atoms with Crippen LogP contribution in [0.15, 0.2) is 17.5 Å². The maximum absolute atomic E-state index is 12.3. The fourth-order valence-corrected chi connectivity index (χ4v) is 4.22. The van der Waals surface area contributed by atoms with Crippen molar-refractivity contribution < 1.29 is 8.42 Å². The zero-order chi connectivity index (χ0) is 13.1. The van der Waals surface area contributed by atoms with E-state index in [1.807, 2.05) is 31.4 Å².